The minimum atomic E-state index is -3.62. The fraction of sp³-hybridized carbons (Fsp3) is 0.625. The molecule has 0 saturated heterocycles. The second-order valence-electron chi connectivity index (χ2n) is 3.58. The molecule has 6 nitrogen and oxygen atoms in total. The van der Waals surface area contributed by atoms with Gasteiger partial charge in [-0.25, -0.2) is 8.42 Å². The zero-order valence-corrected chi connectivity index (χ0v) is 9.78. The molecule has 0 aliphatic carbocycles. The van der Waals surface area contributed by atoms with E-state index >= 15 is 0 Å². The number of hydrogen-bond acceptors (Lipinski definition) is 4. The summed E-state index contributed by atoms with van der Waals surface area (Å²) in [5.74, 6) is 0.263. The molecule has 0 atom stereocenters. The van der Waals surface area contributed by atoms with Crippen LogP contribution in [-0.4, -0.2) is 24.8 Å². The zero-order valence-electron chi connectivity index (χ0n) is 8.97. The summed E-state index contributed by atoms with van der Waals surface area (Å²) in [6.45, 7) is 4.19. The van der Waals surface area contributed by atoms with E-state index in [2.05, 4.69) is 5.10 Å². The maximum Gasteiger partial charge on any atom is 0.279 e. The van der Waals surface area contributed by atoms with Gasteiger partial charge in [0.15, 0.2) is 5.03 Å². The van der Waals surface area contributed by atoms with Gasteiger partial charge in [-0.1, -0.05) is 18.7 Å². The van der Waals surface area contributed by atoms with Crippen LogP contribution < -0.4 is 4.89 Å². The van der Waals surface area contributed by atoms with Gasteiger partial charge in [0, 0.05) is 7.05 Å². The summed E-state index contributed by atoms with van der Waals surface area (Å²) in [7, 11) is -2.06. The lowest BCUT2D eigenvalue weighted by molar-refractivity contribution is 0.0715. The first-order chi connectivity index (χ1) is 6.93. The van der Waals surface area contributed by atoms with Crippen molar-refractivity contribution < 1.29 is 13.3 Å². The highest BCUT2D eigenvalue weighted by molar-refractivity contribution is 7.89. The first kappa shape index (κ1) is 12.2. The molecule has 0 spiro atoms. The van der Waals surface area contributed by atoms with Crippen LogP contribution in [0.2, 0.25) is 0 Å². The molecule has 0 bridgehead atoms. The predicted octanol–water partition coefficient (Wildman–Crippen LogP) is 0.286. The molecule has 0 radical (unpaired) electrons. The summed E-state index contributed by atoms with van der Waals surface area (Å²) >= 11 is 0. The first-order valence-electron chi connectivity index (χ1n) is 4.55. The fourth-order valence-electron chi connectivity index (χ4n) is 0.946. The molecular weight excluding hydrogens is 218 g/mol. The van der Waals surface area contributed by atoms with Crippen LogP contribution in [0.5, 0.6) is 0 Å². The van der Waals surface area contributed by atoms with Gasteiger partial charge in [0.05, 0.1) is 12.8 Å². The smallest absolute Gasteiger partial charge is 0.279 e. The van der Waals surface area contributed by atoms with Crippen LogP contribution >= 0.6 is 0 Å². The van der Waals surface area contributed by atoms with E-state index in [1.807, 2.05) is 18.7 Å². The molecule has 1 aromatic heterocycles. The number of sulfonamides is 1. The lowest BCUT2D eigenvalue weighted by Gasteiger charge is -2.08. The average Bonchev–Trinajstić information content (AvgIpc) is 2.50. The molecule has 0 aromatic carbocycles. The Morgan fingerprint density at radius 3 is 2.73 bits per heavy atom. The Balaban J connectivity index is 2.65. The zero-order chi connectivity index (χ0) is 11.5. The van der Waals surface area contributed by atoms with Crippen molar-refractivity contribution in [2.24, 2.45) is 13.0 Å². The normalized spacial score (nSPS) is 12.3. The second kappa shape index (κ2) is 4.73. The lowest BCUT2D eigenvalue weighted by atomic mass is 10.2. The number of nitrogens with zero attached hydrogens (tertiary/aromatic N) is 2. The molecule has 0 fully saturated rings. The summed E-state index contributed by atoms with van der Waals surface area (Å²) < 4.78 is 24.5. The number of aryl methyl sites for hydroxylation is 1. The molecule has 0 amide bonds. The number of aromatic nitrogens is 2. The molecule has 1 aromatic rings. The van der Waals surface area contributed by atoms with Crippen molar-refractivity contribution in [3.8, 4) is 0 Å². The van der Waals surface area contributed by atoms with Gasteiger partial charge >= 0.3 is 0 Å². The Bertz CT molecular complexity index is 411. The number of hydrogen-bond donors (Lipinski definition) is 1. The molecule has 7 heteroatoms. The highest BCUT2D eigenvalue weighted by Crippen LogP contribution is 2.05. The third-order valence-electron chi connectivity index (χ3n) is 1.64. The van der Waals surface area contributed by atoms with Gasteiger partial charge in [0.25, 0.3) is 10.0 Å². The lowest BCUT2D eigenvalue weighted by Crippen LogP contribution is -2.27. The largest absolute Gasteiger partial charge is 0.287 e. The molecule has 0 aliphatic rings. The van der Waals surface area contributed by atoms with Crippen molar-refractivity contribution in [1.29, 1.82) is 0 Å². The number of rotatable bonds is 5. The molecular formula is C8H15N3O3S. The van der Waals surface area contributed by atoms with Crippen LogP contribution in [0.3, 0.4) is 0 Å². The van der Waals surface area contributed by atoms with Gasteiger partial charge in [-0.05, 0) is 12.0 Å². The highest BCUT2D eigenvalue weighted by atomic mass is 32.2. The van der Waals surface area contributed by atoms with Gasteiger partial charge in [-0.15, -0.1) is 0 Å². The summed E-state index contributed by atoms with van der Waals surface area (Å²) in [6.07, 6.45) is 1.41. The summed E-state index contributed by atoms with van der Waals surface area (Å²) in [5.41, 5.74) is 0. The van der Waals surface area contributed by atoms with E-state index in [0.717, 1.165) is 0 Å². The molecule has 1 heterocycles. The van der Waals surface area contributed by atoms with Gasteiger partial charge < -0.3 is 0 Å². The van der Waals surface area contributed by atoms with Crippen LogP contribution in [0.1, 0.15) is 13.8 Å². The van der Waals surface area contributed by atoms with E-state index in [1.165, 1.54) is 16.9 Å². The minimum Gasteiger partial charge on any atom is -0.287 e. The molecule has 0 saturated carbocycles. The Kier molecular flexibility index (Phi) is 3.83. The number of nitrogens with one attached hydrogen (secondary N) is 1. The van der Waals surface area contributed by atoms with Crippen LogP contribution in [0.15, 0.2) is 17.3 Å². The fourth-order valence-corrected chi connectivity index (χ4v) is 1.89. The Morgan fingerprint density at radius 1 is 1.60 bits per heavy atom. The Morgan fingerprint density at radius 2 is 2.27 bits per heavy atom. The van der Waals surface area contributed by atoms with E-state index in [0.29, 0.717) is 6.61 Å². The maximum atomic E-state index is 11.6. The van der Waals surface area contributed by atoms with Crippen molar-refractivity contribution in [3.05, 3.63) is 12.3 Å². The summed E-state index contributed by atoms with van der Waals surface area (Å²) in [6, 6.07) is 1.40. The van der Waals surface area contributed by atoms with Crippen LogP contribution in [0.25, 0.3) is 0 Å². The Labute approximate surface area is 89.2 Å². The Hall–Kier alpha value is -0.920. The van der Waals surface area contributed by atoms with Crippen molar-refractivity contribution in [3.63, 3.8) is 0 Å². The second-order valence-corrected chi connectivity index (χ2v) is 5.18. The third kappa shape index (κ3) is 3.29. The van der Waals surface area contributed by atoms with Crippen LogP contribution in [0, 0.1) is 5.92 Å². The molecule has 1 rings (SSSR count). The predicted molar refractivity (Wildman–Crippen MR) is 54.3 cm³/mol. The van der Waals surface area contributed by atoms with Crippen molar-refractivity contribution in [1.82, 2.24) is 14.7 Å². The first-order valence-corrected chi connectivity index (χ1v) is 6.03. The van der Waals surface area contributed by atoms with Gasteiger partial charge in [0.2, 0.25) is 0 Å². The molecule has 15 heavy (non-hydrogen) atoms. The van der Waals surface area contributed by atoms with Gasteiger partial charge in [0.1, 0.15) is 0 Å². The molecule has 1 N–H and O–H groups in total. The highest BCUT2D eigenvalue weighted by Gasteiger charge is 2.17. The van der Waals surface area contributed by atoms with Crippen molar-refractivity contribution in [2.75, 3.05) is 6.61 Å². The maximum absolute atomic E-state index is 11.6. The standard InChI is InChI=1S/C8H15N3O3S/c1-7(2)6-14-10-15(12,13)8-4-5-9-11(8)3/h4-5,7,10H,6H2,1-3H3. The van der Waals surface area contributed by atoms with Gasteiger partial charge in [-0.3, -0.25) is 9.52 Å². The van der Waals surface area contributed by atoms with E-state index < -0.39 is 10.0 Å². The molecule has 0 unspecified atom stereocenters. The van der Waals surface area contributed by atoms with E-state index in [4.69, 9.17) is 4.84 Å². The van der Waals surface area contributed by atoms with Crippen LogP contribution in [-0.2, 0) is 21.9 Å². The van der Waals surface area contributed by atoms with Crippen molar-refractivity contribution in [2.45, 2.75) is 18.9 Å². The van der Waals surface area contributed by atoms with E-state index in [-0.39, 0.29) is 10.9 Å². The minimum absolute atomic E-state index is 0.0752. The van der Waals surface area contributed by atoms with E-state index in [9.17, 15) is 8.42 Å². The van der Waals surface area contributed by atoms with E-state index in [1.54, 1.807) is 7.05 Å². The molecule has 86 valence electrons. The summed E-state index contributed by atoms with van der Waals surface area (Å²) in [5, 5.41) is 3.84. The summed E-state index contributed by atoms with van der Waals surface area (Å²) in [4.78, 5) is 6.90. The monoisotopic (exact) mass is 233 g/mol. The molecule has 0 aliphatic heterocycles. The topological polar surface area (TPSA) is 73.2 Å². The van der Waals surface area contributed by atoms with Crippen LogP contribution in [0.4, 0.5) is 0 Å². The quantitative estimate of drug-likeness (QED) is 0.742. The average molecular weight is 233 g/mol. The van der Waals surface area contributed by atoms with Gasteiger partial charge in [-0.2, -0.15) is 5.10 Å². The SMILES string of the molecule is CC(C)CONS(=O)(=O)c1ccnn1C. The third-order valence-corrected chi connectivity index (χ3v) is 2.92. The van der Waals surface area contributed by atoms with Crippen molar-refractivity contribution >= 4 is 10.0 Å².